The Kier molecular flexibility index (Phi) is 6.31. The lowest BCUT2D eigenvalue weighted by molar-refractivity contribution is 0.0947. The van der Waals surface area contributed by atoms with Crippen molar-refractivity contribution in [2.45, 2.75) is 25.2 Å². The summed E-state index contributed by atoms with van der Waals surface area (Å²) in [6, 6.07) is 2.59. The van der Waals surface area contributed by atoms with Crippen LogP contribution in [0.3, 0.4) is 0 Å². The Bertz CT molecular complexity index is 619. The number of benzene rings is 1. The predicted molar refractivity (Wildman–Crippen MR) is 84.0 cm³/mol. The average Bonchev–Trinajstić information content (AvgIpc) is 2.36. The molecule has 1 amide bonds. The third-order valence-electron chi connectivity index (χ3n) is 2.83. The van der Waals surface area contributed by atoms with Crippen molar-refractivity contribution in [2.24, 2.45) is 5.92 Å². The van der Waals surface area contributed by atoms with Crippen LogP contribution in [0.15, 0.2) is 21.5 Å². The van der Waals surface area contributed by atoms with E-state index in [-0.39, 0.29) is 25.9 Å². The molecule has 0 fully saturated rings. The molecule has 0 aliphatic heterocycles. The highest BCUT2D eigenvalue weighted by atomic mass is 79.9. The monoisotopic (exact) mass is 401 g/mol. The summed E-state index contributed by atoms with van der Waals surface area (Å²) in [5.74, 6) is -0.0534. The summed E-state index contributed by atoms with van der Waals surface area (Å²) in [4.78, 5) is 11.8. The Morgan fingerprint density at radius 2 is 2.05 bits per heavy atom. The first-order valence-corrected chi connectivity index (χ1v) is 9.36. The highest BCUT2D eigenvalue weighted by Crippen LogP contribution is 2.33. The minimum atomic E-state index is -3.99. The van der Waals surface area contributed by atoms with E-state index >= 15 is 0 Å². The zero-order valence-corrected chi connectivity index (χ0v) is 14.8. The molecule has 1 unspecified atom stereocenters. The molecule has 1 atom stereocenters. The summed E-state index contributed by atoms with van der Waals surface area (Å²) in [5, 5.41) is 2.84. The predicted octanol–water partition coefficient (Wildman–Crippen LogP) is 3.81. The van der Waals surface area contributed by atoms with Crippen molar-refractivity contribution >= 4 is 53.2 Å². The molecule has 0 saturated carbocycles. The van der Waals surface area contributed by atoms with Gasteiger partial charge in [0.15, 0.2) is 0 Å². The van der Waals surface area contributed by atoms with Gasteiger partial charge in [-0.15, -0.1) is 0 Å². The molecule has 0 aromatic heterocycles. The Labute approximate surface area is 136 Å². The number of hydrogen-bond acceptors (Lipinski definition) is 3. The molecule has 0 spiro atoms. The van der Waals surface area contributed by atoms with Gasteiger partial charge in [-0.1, -0.05) is 31.9 Å². The van der Waals surface area contributed by atoms with Crippen molar-refractivity contribution < 1.29 is 13.2 Å². The van der Waals surface area contributed by atoms with Crippen molar-refractivity contribution in [1.82, 2.24) is 5.32 Å². The van der Waals surface area contributed by atoms with E-state index < -0.39 is 9.05 Å². The van der Waals surface area contributed by atoms with Crippen LogP contribution in [0.2, 0.25) is 5.02 Å². The minimum Gasteiger partial charge on any atom is -0.352 e. The summed E-state index contributed by atoms with van der Waals surface area (Å²) in [5.41, 5.74) is 0.153. The van der Waals surface area contributed by atoms with Gasteiger partial charge in [-0.25, -0.2) is 8.42 Å². The zero-order valence-electron chi connectivity index (χ0n) is 10.9. The number of amides is 1. The van der Waals surface area contributed by atoms with E-state index in [1.54, 1.807) is 0 Å². The summed E-state index contributed by atoms with van der Waals surface area (Å²) in [6.07, 6.45) is 0.933. The number of nitrogens with one attached hydrogen (secondary N) is 1. The van der Waals surface area contributed by atoms with E-state index in [0.29, 0.717) is 12.5 Å². The fourth-order valence-electron chi connectivity index (χ4n) is 1.39. The van der Waals surface area contributed by atoms with Crippen molar-refractivity contribution in [3.63, 3.8) is 0 Å². The summed E-state index contributed by atoms with van der Waals surface area (Å²) >= 11 is 8.95. The second kappa shape index (κ2) is 7.11. The molecule has 1 aromatic rings. The van der Waals surface area contributed by atoms with Gasteiger partial charge in [0.25, 0.3) is 15.0 Å². The van der Waals surface area contributed by atoms with E-state index in [9.17, 15) is 13.2 Å². The largest absolute Gasteiger partial charge is 0.352 e. The number of rotatable bonds is 5. The lowest BCUT2D eigenvalue weighted by Crippen LogP contribution is -2.28. The third kappa shape index (κ3) is 4.62. The van der Waals surface area contributed by atoms with Crippen molar-refractivity contribution in [3.05, 3.63) is 27.2 Å². The minimum absolute atomic E-state index is 0.111. The number of carbonyl (C=O) groups is 1. The van der Waals surface area contributed by atoms with Gasteiger partial charge in [0, 0.05) is 22.8 Å². The second-order valence-corrected chi connectivity index (χ2v) is 8.17. The van der Waals surface area contributed by atoms with Gasteiger partial charge in [-0.2, -0.15) is 0 Å². The van der Waals surface area contributed by atoms with E-state index in [1.165, 1.54) is 12.1 Å². The Morgan fingerprint density at radius 1 is 1.45 bits per heavy atom. The topological polar surface area (TPSA) is 63.2 Å². The molecule has 1 rings (SSSR count). The van der Waals surface area contributed by atoms with Crippen molar-refractivity contribution in [3.8, 4) is 0 Å². The molecule has 8 heteroatoms. The van der Waals surface area contributed by atoms with E-state index in [1.807, 2.05) is 13.8 Å². The molecule has 1 aromatic carbocycles. The summed E-state index contributed by atoms with van der Waals surface area (Å²) in [6.45, 7) is 4.53. The quantitative estimate of drug-likeness (QED) is 0.761. The fourth-order valence-corrected chi connectivity index (χ4v) is 3.77. The summed E-state index contributed by atoms with van der Waals surface area (Å²) < 4.78 is 23.0. The highest BCUT2D eigenvalue weighted by Gasteiger charge is 2.20. The lowest BCUT2D eigenvalue weighted by atomic mass is 10.1. The molecule has 0 aliphatic rings. The molecule has 0 bridgehead atoms. The van der Waals surface area contributed by atoms with Gasteiger partial charge < -0.3 is 5.32 Å². The molecule has 1 N–H and O–H groups in total. The zero-order chi connectivity index (χ0) is 15.5. The number of hydrogen-bond donors (Lipinski definition) is 1. The first-order valence-electron chi connectivity index (χ1n) is 5.88. The average molecular weight is 403 g/mol. The Morgan fingerprint density at radius 3 is 2.55 bits per heavy atom. The molecule has 0 aliphatic carbocycles. The number of carbonyl (C=O) groups excluding carboxylic acids is 1. The van der Waals surface area contributed by atoms with Crippen LogP contribution in [0, 0.1) is 5.92 Å². The molecular weight excluding hydrogens is 389 g/mol. The standard InChI is InChI=1S/C12H14BrCl2NO3S/c1-3-7(2)6-16-12(17)8-4-9(14)11(13)10(5-8)20(15,18)19/h4-5,7H,3,6H2,1-2H3,(H,16,17). The van der Waals surface area contributed by atoms with Gasteiger partial charge in [-0.05, 0) is 34.0 Å². The third-order valence-corrected chi connectivity index (χ3v) is 5.82. The van der Waals surface area contributed by atoms with Crippen molar-refractivity contribution in [2.75, 3.05) is 6.54 Å². The van der Waals surface area contributed by atoms with Crippen LogP contribution in [-0.2, 0) is 9.05 Å². The van der Waals surface area contributed by atoms with Crippen LogP contribution in [0.4, 0.5) is 0 Å². The first-order chi connectivity index (χ1) is 9.16. The van der Waals surface area contributed by atoms with Gasteiger partial charge in [-0.3, -0.25) is 4.79 Å². The maximum Gasteiger partial charge on any atom is 0.262 e. The normalized spacial score (nSPS) is 13.1. The maximum absolute atomic E-state index is 12.0. The highest BCUT2D eigenvalue weighted by molar-refractivity contribution is 9.10. The van der Waals surface area contributed by atoms with Crippen LogP contribution in [0.1, 0.15) is 30.6 Å². The first kappa shape index (κ1) is 17.8. The van der Waals surface area contributed by atoms with Crippen LogP contribution in [-0.4, -0.2) is 20.9 Å². The lowest BCUT2D eigenvalue weighted by Gasteiger charge is -2.11. The van der Waals surface area contributed by atoms with Gasteiger partial charge >= 0.3 is 0 Å². The van der Waals surface area contributed by atoms with Crippen molar-refractivity contribution in [1.29, 1.82) is 0 Å². The SMILES string of the molecule is CCC(C)CNC(=O)c1cc(Cl)c(Br)c(S(=O)(=O)Cl)c1. The molecule has 4 nitrogen and oxygen atoms in total. The van der Waals surface area contributed by atoms with E-state index in [2.05, 4.69) is 21.2 Å². The Hall–Kier alpha value is -0.300. The van der Waals surface area contributed by atoms with Gasteiger partial charge in [0.1, 0.15) is 0 Å². The van der Waals surface area contributed by atoms with E-state index in [0.717, 1.165) is 6.42 Å². The fraction of sp³-hybridized carbons (Fsp3) is 0.417. The molecule has 0 saturated heterocycles. The molecule has 0 radical (unpaired) electrons. The molecule has 0 heterocycles. The van der Waals surface area contributed by atoms with Crippen LogP contribution in [0.5, 0.6) is 0 Å². The van der Waals surface area contributed by atoms with Gasteiger partial charge in [0.05, 0.1) is 14.4 Å². The molecular formula is C12H14BrCl2NO3S. The summed E-state index contributed by atoms with van der Waals surface area (Å²) in [7, 11) is 1.33. The second-order valence-electron chi connectivity index (χ2n) is 4.43. The van der Waals surface area contributed by atoms with Crippen LogP contribution in [0.25, 0.3) is 0 Å². The molecule has 20 heavy (non-hydrogen) atoms. The molecule has 112 valence electrons. The van der Waals surface area contributed by atoms with E-state index in [4.69, 9.17) is 22.3 Å². The van der Waals surface area contributed by atoms with Gasteiger partial charge in [0.2, 0.25) is 0 Å². The number of halogens is 3. The van der Waals surface area contributed by atoms with Crippen LogP contribution < -0.4 is 5.32 Å². The maximum atomic E-state index is 12.0. The smallest absolute Gasteiger partial charge is 0.262 e. The van der Waals surface area contributed by atoms with Crippen LogP contribution >= 0.6 is 38.2 Å². The Balaban J connectivity index is 3.09.